The zero-order valence-corrected chi connectivity index (χ0v) is 7.70. The lowest BCUT2D eigenvalue weighted by Crippen LogP contribution is -2.00. The van der Waals surface area contributed by atoms with Gasteiger partial charge in [0.25, 0.3) is 0 Å². The Balaban J connectivity index is 2.55. The van der Waals surface area contributed by atoms with E-state index in [1.165, 1.54) is 0 Å². The number of aromatic amines is 2. The second-order valence-corrected chi connectivity index (χ2v) is 2.86. The van der Waals surface area contributed by atoms with Crippen molar-refractivity contribution in [3.05, 3.63) is 40.9 Å². The molecule has 72 valence electrons. The number of nitrogens with one attached hydrogen (secondary N) is 2. The molecule has 1 heterocycles. The van der Waals surface area contributed by atoms with Crippen molar-refractivity contribution in [2.75, 3.05) is 7.11 Å². The summed E-state index contributed by atoms with van der Waals surface area (Å²) in [5.41, 5.74) is 1.38. The maximum Gasteiger partial charge on any atom is 0.323 e. The highest BCUT2D eigenvalue weighted by atomic mass is 16.5. The maximum atomic E-state index is 10.9. The SMILES string of the molecule is COc1ccccc1-c1c[nH]c(=O)[nH]1. The number of methoxy groups -OCH3 is 1. The lowest BCUT2D eigenvalue weighted by molar-refractivity contribution is 0.416. The second kappa shape index (κ2) is 3.41. The number of hydrogen-bond acceptors (Lipinski definition) is 2. The Labute approximate surface area is 80.6 Å². The molecule has 1 aromatic heterocycles. The van der Waals surface area contributed by atoms with Crippen LogP contribution in [-0.2, 0) is 0 Å². The van der Waals surface area contributed by atoms with E-state index >= 15 is 0 Å². The average molecular weight is 190 g/mol. The van der Waals surface area contributed by atoms with Crippen LogP contribution < -0.4 is 10.4 Å². The molecular weight excluding hydrogens is 180 g/mol. The van der Waals surface area contributed by atoms with Crippen molar-refractivity contribution in [2.45, 2.75) is 0 Å². The molecule has 0 unspecified atom stereocenters. The molecule has 4 heteroatoms. The fourth-order valence-corrected chi connectivity index (χ4v) is 1.34. The Morgan fingerprint density at radius 2 is 2.07 bits per heavy atom. The summed E-state index contributed by atoms with van der Waals surface area (Å²) in [4.78, 5) is 16.1. The van der Waals surface area contributed by atoms with Crippen LogP contribution in [-0.4, -0.2) is 17.1 Å². The summed E-state index contributed by atoms with van der Waals surface area (Å²) in [5, 5.41) is 0. The molecule has 0 amide bonds. The molecule has 0 fully saturated rings. The van der Waals surface area contributed by atoms with Crippen LogP contribution in [0, 0.1) is 0 Å². The monoisotopic (exact) mass is 190 g/mol. The highest BCUT2D eigenvalue weighted by Gasteiger charge is 2.05. The minimum Gasteiger partial charge on any atom is -0.496 e. The quantitative estimate of drug-likeness (QED) is 0.751. The van der Waals surface area contributed by atoms with Crippen LogP contribution in [0.15, 0.2) is 35.3 Å². The summed E-state index contributed by atoms with van der Waals surface area (Å²) in [6.07, 6.45) is 1.63. The predicted octanol–water partition coefficient (Wildman–Crippen LogP) is 1.38. The Hall–Kier alpha value is -1.97. The molecule has 0 aliphatic carbocycles. The number of para-hydroxylation sites is 1. The summed E-state index contributed by atoms with van der Waals surface area (Å²) in [6, 6.07) is 7.51. The zero-order chi connectivity index (χ0) is 9.97. The fourth-order valence-electron chi connectivity index (χ4n) is 1.34. The number of rotatable bonds is 2. The van der Waals surface area contributed by atoms with Gasteiger partial charge in [-0.05, 0) is 12.1 Å². The summed E-state index contributed by atoms with van der Waals surface area (Å²) >= 11 is 0. The Bertz CT molecular complexity index is 485. The highest BCUT2D eigenvalue weighted by molar-refractivity contribution is 5.66. The molecule has 0 saturated heterocycles. The van der Waals surface area contributed by atoms with E-state index in [1.54, 1.807) is 13.3 Å². The van der Waals surface area contributed by atoms with Crippen molar-refractivity contribution >= 4 is 0 Å². The van der Waals surface area contributed by atoms with Gasteiger partial charge >= 0.3 is 5.69 Å². The molecule has 2 rings (SSSR count). The normalized spacial score (nSPS) is 10.1. The number of benzene rings is 1. The van der Waals surface area contributed by atoms with Gasteiger partial charge in [-0.1, -0.05) is 12.1 Å². The van der Waals surface area contributed by atoms with E-state index in [4.69, 9.17) is 4.74 Å². The summed E-state index contributed by atoms with van der Waals surface area (Å²) in [7, 11) is 1.60. The lowest BCUT2D eigenvalue weighted by Gasteiger charge is -2.04. The Kier molecular flexibility index (Phi) is 2.10. The number of H-pyrrole nitrogens is 2. The molecule has 1 aromatic carbocycles. The third kappa shape index (κ3) is 1.42. The van der Waals surface area contributed by atoms with Crippen molar-refractivity contribution in [3.63, 3.8) is 0 Å². The van der Waals surface area contributed by atoms with Gasteiger partial charge in [-0.25, -0.2) is 4.79 Å². The standard InChI is InChI=1S/C10H10N2O2/c1-14-9-5-3-2-4-7(9)8-6-11-10(13)12-8/h2-6H,1H3,(H2,11,12,13). The van der Waals surface area contributed by atoms with Gasteiger partial charge in [0.05, 0.1) is 12.8 Å². The summed E-state index contributed by atoms with van der Waals surface area (Å²) < 4.78 is 5.17. The summed E-state index contributed by atoms with van der Waals surface area (Å²) in [5.74, 6) is 0.739. The number of hydrogen-bond donors (Lipinski definition) is 2. The Morgan fingerprint density at radius 3 is 2.71 bits per heavy atom. The van der Waals surface area contributed by atoms with Crippen molar-refractivity contribution in [1.29, 1.82) is 0 Å². The Morgan fingerprint density at radius 1 is 1.29 bits per heavy atom. The minimum atomic E-state index is -0.217. The first kappa shape index (κ1) is 8.62. The molecule has 0 bridgehead atoms. The highest BCUT2D eigenvalue weighted by Crippen LogP contribution is 2.26. The van der Waals surface area contributed by atoms with Gasteiger partial charge in [0.2, 0.25) is 0 Å². The van der Waals surface area contributed by atoms with Gasteiger partial charge in [-0.15, -0.1) is 0 Å². The van der Waals surface area contributed by atoms with E-state index < -0.39 is 0 Å². The molecule has 0 radical (unpaired) electrons. The first-order chi connectivity index (χ1) is 6.81. The van der Waals surface area contributed by atoms with E-state index in [-0.39, 0.29) is 5.69 Å². The van der Waals surface area contributed by atoms with Crippen molar-refractivity contribution in [3.8, 4) is 17.0 Å². The van der Waals surface area contributed by atoms with Crippen LogP contribution in [0.1, 0.15) is 0 Å². The van der Waals surface area contributed by atoms with Crippen molar-refractivity contribution in [2.24, 2.45) is 0 Å². The molecule has 0 aliphatic rings. The van der Waals surface area contributed by atoms with Crippen LogP contribution in [0.2, 0.25) is 0 Å². The van der Waals surface area contributed by atoms with Crippen LogP contribution in [0.5, 0.6) is 5.75 Å². The smallest absolute Gasteiger partial charge is 0.323 e. The van der Waals surface area contributed by atoms with E-state index in [0.717, 1.165) is 17.0 Å². The third-order valence-corrected chi connectivity index (χ3v) is 1.99. The van der Waals surface area contributed by atoms with Gasteiger partial charge in [-0.3, -0.25) is 0 Å². The molecule has 2 aromatic rings. The largest absolute Gasteiger partial charge is 0.496 e. The maximum absolute atomic E-state index is 10.9. The molecule has 0 saturated carbocycles. The molecule has 0 aliphatic heterocycles. The van der Waals surface area contributed by atoms with Crippen LogP contribution >= 0.6 is 0 Å². The average Bonchev–Trinajstić information content (AvgIpc) is 2.65. The van der Waals surface area contributed by atoms with Gasteiger partial charge in [-0.2, -0.15) is 0 Å². The second-order valence-electron chi connectivity index (χ2n) is 2.86. The van der Waals surface area contributed by atoms with Gasteiger partial charge in [0.1, 0.15) is 5.75 Å². The molecule has 2 N–H and O–H groups in total. The van der Waals surface area contributed by atoms with Gasteiger partial charge in [0.15, 0.2) is 0 Å². The van der Waals surface area contributed by atoms with Gasteiger partial charge in [0, 0.05) is 11.8 Å². The van der Waals surface area contributed by atoms with Crippen LogP contribution in [0.3, 0.4) is 0 Å². The topological polar surface area (TPSA) is 57.9 Å². The molecule has 0 atom stereocenters. The third-order valence-electron chi connectivity index (χ3n) is 1.99. The first-order valence-corrected chi connectivity index (χ1v) is 4.22. The van der Waals surface area contributed by atoms with Crippen molar-refractivity contribution in [1.82, 2.24) is 9.97 Å². The van der Waals surface area contributed by atoms with E-state index in [1.807, 2.05) is 24.3 Å². The zero-order valence-electron chi connectivity index (χ0n) is 7.70. The van der Waals surface area contributed by atoms with E-state index in [0.29, 0.717) is 0 Å². The van der Waals surface area contributed by atoms with E-state index in [9.17, 15) is 4.79 Å². The van der Waals surface area contributed by atoms with Crippen LogP contribution in [0.4, 0.5) is 0 Å². The van der Waals surface area contributed by atoms with Crippen molar-refractivity contribution < 1.29 is 4.74 Å². The van der Waals surface area contributed by atoms with E-state index in [2.05, 4.69) is 9.97 Å². The number of ether oxygens (including phenoxy) is 1. The first-order valence-electron chi connectivity index (χ1n) is 4.22. The van der Waals surface area contributed by atoms with Crippen LogP contribution in [0.25, 0.3) is 11.3 Å². The van der Waals surface area contributed by atoms with Gasteiger partial charge < -0.3 is 14.7 Å². The molecular formula is C10H10N2O2. The molecule has 4 nitrogen and oxygen atoms in total. The molecule has 14 heavy (non-hydrogen) atoms. The summed E-state index contributed by atoms with van der Waals surface area (Å²) in [6.45, 7) is 0. The minimum absolute atomic E-state index is 0.217. The lowest BCUT2D eigenvalue weighted by atomic mass is 10.1. The number of imidazole rings is 1. The number of aromatic nitrogens is 2. The molecule has 0 spiro atoms. The fraction of sp³-hybridized carbons (Fsp3) is 0.100. The predicted molar refractivity (Wildman–Crippen MR) is 53.4 cm³/mol.